The second kappa shape index (κ2) is 9.56. The molecule has 0 saturated heterocycles. The van der Waals surface area contributed by atoms with Gasteiger partial charge in [0, 0.05) is 6.54 Å². The lowest BCUT2D eigenvalue weighted by atomic mass is 10.1. The minimum atomic E-state index is -4.04. The zero-order valence-electron chi connectivity index (χ0n) is 17.4. The predicted molar refractivity (Wildman–Crippen MR) is 125 cm³/mol. The highest BCUT2D eigenvalue weighted by atomic mass is 32.2. The van der Waals surface area contributed by atoms with Crippen molar-refractivity contribution in [1.29, 1.82) is 0 Å². The second-order valence-corrected chi connectivity index (χ2v) is 9.59. The van der Waals surface area contributed by atoms with Crippen molar-refractivity contribution in [2.75, 3.05) is 6.54 Å². The van der Waals surface area contributed by atoms with Gasteiger partial charge < -0.3 is 5.32 Å². The first-order valence-electron chi connectivity index (χ1n) is 10.1. The lowest BCUT2D eigenvalue weighted by Gasteiger charge is -2.19. The van der Waals surface area contributed by atoms with Crippen molar-refractivity contribution in [3.8, 4) is 0 Å². The number of nitrogens with one attached hydrogen (secondary N) is 2. The van der Waals surface area contributed by atoms with Crippen LogP contribution in [0.1, 0.15) is 22.7 Å². The van der Waals surface area contributed by atoms with E-state index in [0.29, 0.717) is 24.0 Å². The average Bonchev–Trinajstić information content (AvgIpc) is 3.28. The summed E-state index contributed by atoms with van der Waals surface area (Å²) in [5.41, 5.74) is 3.60. The summed E-state index contributed by atoms with van der Waals surface area (Å²) in [6.45, 7) is 2.41. The predicted octanol–water partition coefficient (Wildman–Crippen LogP) is 3.38. The zero-order chi connectivity index (χ0) is 22.6. The van der Waals surface area contributed by atoms with E-state index in [1.54, 1.807) is 36.4 Å². The molecule has 3 aromatic carbocycles. The Balaban J connectivity index is 1.55. The van der Waals surface area contributed by atoms with Crippen molar-refractivity contribution in [1.82, 2.24) is 18.8 Å². The first-order valence-corrected chi connectivity index (χ1v) is 12.3. The summed E-state index contributed by atoms with van der Waals surface area (Å²) in [7, 11) is -4.04. The third-order valence-electron chi connectivity index (χ3n) is 5.04. The largest absolute Gasteiger partial charge is 0.354 e. The van der Waals surface area contributed by atoms with Gasteiger partial charge in [0.05, 0.1) is 11.7 Å². The maximum Gasteiger partial charge on any atom is 0.243 e. The molecule has 9 heteroatoms. The third kappa shape index (κ3) is 5.01. The summed E-state index contributed by atoms with van der Waals surface area (Å²) in [5, 5.41) is 2.86. The van der Waals surface area contributed by atoms with Crippen LogP contribution in [0.4, 0.5) is 0 Å². The van der Waals surface area contributed by atoms with Crippen LogP contribution in [0.5, 0.6) is 0 Å². The minimum absolute atomic E-state index is 0.00265. The van der Waals surface area contributed by atoms with Gasteiger partial charge >= 0.3 is 0 Å². The molecule has 0 bridgehead atoms. The number of fused-ring (bicyclic) bond motifs is 1. The Kier molecular flexibility index (Phi) is 6.59. The van der Waals surface area contributed by atoms with E-state index in [9.17, 15) is 13.2 Å². The van der Waals surface area contributed by atoms with Crippen molar-refractivity contribution >= 4 is 38.7 Å². The number of amides is 1. The monoisotopic (exact) mass is 466 g/mol. The topological polar surface area (TPSA) is 101 Å². The van der Waals surface area contributed by atoms with Crippen LogP contribution < -0.4 is 10.0 Å². The third-order valence-corrected chi connectivity index (χ3v) is 7.04. The van der Waals surface area contributed by atoms with Crippen molar-refractivity contribution in [2.45, 2.75) is 24.3 Å². The highest BCUT2D eigenvalue weighted by Crippen LogP contribution is 2.23. The summed E-state index contributed by atoms with van der Waals surface area (Å²) in [6, 6.07) is 20.5. The van der Waals surface area contributed by atoms with Crippen molar-refractivity contribution in [3.63, 3.8) is 0 Å². The van der Waals surface area contributed by atoms with Gasteiger partial charge in [0.1, 0.15) is 22.0 Å². The van der Waals surface area contributed by atoms with E-state index in [-0.39, 0.29) is 10.4 Å². The Morgan fingerprint density at radius 2 is 1.72 bits per heavy atom. The number of aryl methyl sites for hydroxylation is 1. The van der Waals surface area contributed by atoms with Crippen molar-refractivity contribution in [3.05, 3.63) is 89.5 Å². The van der Waals surface area contributed by atoms with Crippen LogP contribution >= 0.6 is 11.7 Å². The average molecular weight is 467 g/mol. The first kappa shape index (κ1) is 22.1. The second-order valence-electron chi connectivity index (χ2n) is 7.38. The molecule has 0 radical (unpaired) electrons. The molecule has 1 amide bonds. The van der Waals surface area contributed by atoms with Gasteiger partial charge in [-0.1, -0.05) is 66.2 Å². The number of carbonyl (C=O) groups excluding carboxylic acids is 1. The number of hydrogen-bond acceptors (Lipinski definition) is 6. The van der Waals surface area contributed by atoms with Gasteiger partial charge in [0.25, 0.3) is 0 Å². The molecular formula is C23H22N4O3S2. The Morgan fingerprint density at radius 3 is 2.47 bits per heavy atom. The normalized spacial score (nSPS) is 12.5. The molecule has 164 valence electrons. The van der Waals surface area contributed by atoms with E-state index in [2.05, 4.69) is 18.8 Å². The van der Waals surface area contributed by atoms with Crippen LogP contribution in [0.2, 0.25) is 0 Å². The maximum absolute atomic E-state index is 13.2. The lowest BCUT2D eigenvalue weighted by Crippen LogP contribution is -2.41. The fourth-order valence-corrected chi connectivity index (χ4v) is 5.27. The zero-order valence-corrected chi connectivity index (χ0v) is 19.0. The smallest absolute Gasteiger partial charge is 0.243 e. The molecule has 4 aromatic rings. The number of carbonyl (C=O) groups is 1. The molecule has 0 unspecified atom stereocenters. The Bertz CT molecular complexity index is 1320. The van der Waals surface area contributed by atoms with E-state index >= 15 is 0 Å². The number of hydrogen-bond donors (Lipinski definition) is 2. The number of benzene rings is 3. The van der Waals surface area contributed by atoms with Crippen LogP contribution in [0.25, 0.3) is 11.0 Å². The van der Waals surface area contributed by atoms with Crippen LogP contribution in [0.15, 0.2) is 77.7 Å². The number of aromatic nitrogens is 2. The van der Waals surface area contributed by atoms with Crippen LogP contribution in [-0.4, -0.2) is 29.6 Å². The fourth-order valence-electron chi connectivity index (χ4n) is 3.32. The molecule has 0 spiro atoms. The molecule has 1 heterocycles. The van der Waals surface area contributed by atoms with E-state index in [4.69, 9.17) is 0 Å². The lowest BCUT2D eigenvalue weighted by molar-refractivity contribution is -0.122. The molecule has 4 rings (SSSR count). The number of rotatable bonds is 8. The van der Waals surface area contributed by atoms with Gasteiger partial charge in [0.2, 0.25) is 15.9 Å². The molecule has 0 fully saturated rings. The van der Waals surface area contributed by atoms with Gasteiger partial charge in [0.15, 0.2) is 0 Å². The first-order chi connectivity index (χ1) is 15.4. The quantitative estimate of drug-likeness (QED) is 0.415. The summed E-state index contributed by atoms with van der Waals surface area (Å²) in [5.74, 6) is -0.421. The van der Waals surface area contributed by atoms with E-state index in [1.807, 2.05) is 37.3 Å². The van der Waals surface area contributed by atoms with Gasteiger partial charge in [-0.15, -0.1) is 0 Å². The highest BCUT2D eigenvalue weighted by molar-refractivity contribution is 7.89. The molecular weight excluding hydrogens is 444 g/mol. The van der Waals surface area contributed by atoms with E-state index in [1.165, 1.54) is 11.6 Å². The van der Waals surface area contributed by atoms with E-state index in [0.717, 1.165) is 17.3 Å². The number of sulfonamides is 1. The molecule has 0 aliphatic carbocycles. The molecule has 1 atom stereocenters. The van der Waals surface area contributed by atoms with Gasteiger partial charge in [-0.3, -0.25) is 4.79 Å². The molecule has 2 N–H and O–H groups in total. The molecule has 7 nitrogen and oxygen atoms in total. The Morgan fingerprint density at radius 1 is 0.969 bits per heavy atom. The van der Waals surface area contributed by atoms with Crippen molar-refractivity contribution < 1.29 is 13.2 Å². The Hall–Kier alpha value is -3.14. The van der Waals surface area contributed by atoms with Crippen molar-refractivity contribution in [2.24, 2.45) is 0 Å². The van der Waals surface area contributed by atoms with Crippen LogP contribution in [0.3, 0.4) is 0 Å². The minimum Gasteiger partial charge on any atom is -0.354 e. The highest BCUT2D eigenvalue weighted by Gasteiger charge is 2.29. The number of nitrogens with zero attached hydrogens (tertiary/aromatic N) is 2. The maximum atomic E-state index is 13.2. The van der Waals surface area contributed by atoms with Gasteiger partial charge in [-0.05, 0) is 36.6 Å². The Labute approximate surface area is 190 Å². The fraction of sp³-hybridized carbons (Fsp3) is 0.174. The molecule has 1 aromatic heterocycles. The molecule has 32 heavy (non-hydrogen) atoms. The van der Waals surface area contributed by atoms with Crippen LogP contribution in [0, 0.1) is 6.92 Å². The SMILES string of the molecule is Cc1ccc(CCNC(=O)[C@@H](NS(=O)(=O)c2cccc3nsnc23)c2ccccc2)cc1. The molecule has 0 saturated carbocycles. The van der Waals surface area contributed by atoms with Gasteiger partial charge in [-0.2, -0.15) is 13.5 Å². The van der Waals surface area contributed by atoms with Gasteiger partial charge in [-0.25, -0.2) is 8.42 Å². The van der Waals surface area contributed by atoms with Crippen LogP contribution in [-0.2, 0) is 21.2 Å². The van der Waals surface area contributed by atoms with E-state index < -0.39 is 22.0 Å². The summed E-state index contributed by atoms with van der Waals surface area (Å²) in [6.07, 6.45) is 0.643. The molecule has 0 aliphatic rings. The standard InChI is InChI=1S/C23H22N4O3S2/c1-16-10-12-17(13-11-16)14-15-24-23(28)21(18-6-3-2-4-7-18)27-32(29,30)20-9-5-8-19-22(20)26-31-25-19/h2-13,21,27H,14-15H2,1H3,(H,24,28)/t21-/m0/s1. The summed E-state index contributed by atoms with van der Waals surface area (Å²) in [4.78, 5) is 13.0. The summed E-state index contributed by atoms with van der Waals surface area (Å²) >= 11 is 0.943. The molecule has 0 aliphatic heterocycles. The summed E-state index contributed by atoms with van der Waals surface area (Å²) < 4.78 is 37.2.